The number of carbonyl (C=O) groups excluding carboxylic acids is 2. The zero-order valence-corrected chi connectivity index (χ0v) is 15.3. The molecule has 0 saturated carbocycles. The number of esters is 1. The molecule has 0 aliphatic carbocycles. The number of nitrogens with zero attached hydrogens (tertiary/aromatic N) is 1. The van der Waals surface area contributed by atoms with Crippen molar-refractivity contribution in [3.05, 3.63) is 58.9 Å². The molecule has 2 aromatic carbocycles. The van der Waals surface area contributed by atoms with Crippen LogP contribution in [0.15, 0.2) is 42.5 Å². The largest absolute Gasteiger partial charge is 0.479 e. The van der Waals surface area contributed by atoms with Crippen LogP contribution < -0.4 is 10.1 Å². The Morgan fingerprint density at radius 3 is 2.41 bits per heavy atom. The van der Waals surface area contributed by atoms with Crippen LogP contribution >= 0.6 is 11.6 Å². The third-order valence-electron chi connectivity index (χ3n) is 3.48. The standard InChI is InChI=1S/C19H16ClFN2O4/c1-11(18(24)23-17-8-5-14(20)9-16(17)21)27-19(25)12(2)26-15-6-3-13(10-22)4-7-15/h3-9,11-12H,1-2H3,(H,23,24). The molecule has 0 bridgehead atoms. The normalized spacial score (nSPS) is 12.4. The highest BCUT2D eigenvalue weighted by Crippen LogP contribution is 2.19. The molecule has 2 aromatic rings. The molecule has 1 amide bonds. The van der Waals surface area contributed by atoms with E-state index >= 15 is 0 Å². The van der Waals surface area contributed by atoms with Crippen LogP contribution in [0.1, 0.15) is 19.4 Å². The van der Waals surface area contributed by atoms with Gasteiger partial charge in [-0.05, 0) is 56.3 Å². The minimum atomic E-state index is -1.17. The summed E-state index contributed by atoms with van der Waals surface area (Å²) in [7, 11) is 0. The average Bonchev–Trinajstić information content (AvgIpc) is 2.64. The number of hydrogen-bond donors (Lipinski definition) is 1. The van der Waals surface area contributed by atoms with Crippen LogP contribution in [0.4, 0.5) is 10.1 Å². The van der Waals surface area contributed by atoms with Gasteiger partial charge in [-0.2, -0.15) is 5.26 Å². The van der Waals surface area contributed by atoms with Gasteiger partial charge in [0, 0.05) is 5.02 Å². The SMILES string of the molecule is CC(OC(=O)C(C)Oc1ccc(C#N)cc1)C(=O)Nc1ccc(Cl)cc1F. The number of halogens is 2. The Morgan fingerprint density at radius 1 is 1.15 bits per heavy atom. The van der Waals surface area contributed by atoms with E-state index in [2.05, 4.69) is 5.32 Å². The highest BCUT2D eigenvalue weighted by molar-refractivity contribution is 6.30. The summed E-state index contributed by atoms with van der Waals surface area (Å²) in [4.78, 5) is 24.2. The van der Waals surface area contributed by atoms with Crippen LogP contribution in [-0.2, 0) is 14.3 Å². The van der Waals surface area contributed by atoms with E-state index in [1.807, 2.05) is 6.07 Å². The second-order valence-electron chi connectivity index (χ2n) is 5.59. The lowest BCUT2D eigenvalue weighted by atomic mass is 10.2. The van der Waals surface area contributed by atoms with Crippen LogP contribution in [-0.4, -0.2) is 24.1 Å². The first-order chi connectivity index (χ1) is 12.8. The van der Waals surface area contributed by atoms with Gasteiger partial charge < -0.3 is 14.8 Å². The van der Waals surface area contributed by atoms with Crippen molar-refractivity contribution in [1.82, 2.24) is 0 Å². The van der Waals surface area contributed by atoms with E-state index in [0.29, 0.717) is 11.3 Å². The molecule has 0 spiro atoms. The Bertz CT molecular complexity index is 880. The maximum atomic E-state index is 13.7. The van der Waals surface area contributed by atoms with Crippen LogP contribution in [0.5, 0.6) is 5.75 Å². The fourth-order valence-corrected chi connectivity index (χ4v) is 2.17. The summed E-state index contributed by atoms with van der Waals surface area (Å²) in [5, 5.41) is 11.3. The quantitative estimate of drug-likeness (QED) is 0.760. The second-order valence-corrected chi connectivity index (χ2v) is 6.03. The smallest absolute Gasteiger partial charge is 0.347 e. The minimum absolute atomic E-state index is 0.0748. The molecular weight excluding hydrogens is 375 g/mol. The highest BCUT2D eigenvalue weighted by atomic mass is 35.5. The molecule has 6 nitrogen and oxygen atoms in total. The van der Waals surface area contributed by atoms with Gasteiger partial charge in [0.15, 0.2) is 12.2 Å². The van der Waals surface area contributed by atoms with Crippen molar-refractivity contribution in [2.45, 2.75) is 26.1 Å². The average molecular weight is 391 g/mol. The van der Waals surface area contributed by atoms with E-state index < -0.39 is 29.9 Å². The number of rotatable bonds is 6. The first-order valence-corrected chi connectivity index (χ1v) is 8.31. The summed E-state index contributed by atoms with van der Waals surface area (Å²) < 4.78 is 24.2. The summed E-state index contributed by atoms with van der Waals surface area (Å²) >= 11 is 5.65. The van der Waals surface area contributed by atoms with Gasteiger partial charge in [-0.3, -0.25) is 4.79 Å². The zero-order chi connectivity index (χ0) is 20.0. The molecule has 0 radical (unpaired) electrons. The van der Waals surface area contributed by atoms with E-state index in [1.54, 1.807) is 24.3 Å². The number of amides is 1. The number of carbonyl (C=O) groups is 2. The van der Waals surface area contributed by atoms with Gasteiger partial charge in [-0.15, -0.1) is 0 Å². The maximum Gasteiger partial charge on any atom is 0.347 e. The Morgan fingerprint density at radius 2 is 1.81 bits per heavy atom. The summed E-state index contributed by atoms with van der Waals surface area (Å²) in [6.07, 6.45) is -2.15. The van der Waals surface area contributed by atoms with Gasteiger partial charge in [-0.1, -0.05) is 11.6 Å². The minimum Gasteiger partial charge on any atom is -0.479 e. The van der Waals surface area contributed by atoms with E-state index in [-0.39, 0.29) is 10.7 Å². The predicted molar refractivity (Wildman–Crippen MR) is 96.8 cm³/mol. The predicted octanol–water partition coefficient (Wildman–Crippen LogP) is 3.69. The van der Waals surface area contributed by atoms with Crippen molar-refractivity contribution < 1.29 is 23.5 Å². The van der Waals surface area contributed by atoms with E-state index in [1.165, 1.54) is 26.0 Å². The molecule has 8 heteroatoms. The van der Waals surface area contributed by atoms with Gasteiger partial charge in [-0.25, -0.2) is 9.18 Å². The fourth-order valence-electron chi connectivity index (χ4n) is 2.01. The zero-order valence-electron chi connectivity index (χ0n) is 14.5. The molecule has 140 valence electrons. The van der Waals surface area contributed by atoms with Crippen LogP contribution in [0, 0.1) is 17.1 Å². The van der Waals surface area contributed by atoms with Crippen molar-refractivity contribution in [3.8, 4) is 11.8 Å². The van der Waals surface area contributed by atoms with Gasteiger partial charge >= 0.3 is 5.97 Å². The number of ether oxygens (including phenoxy) is 2. The third-order valence-corrected chi connectivity index (χ3v) is 3.71. The molecule has 0 aliphatic rings. The third kappa shape index (κ3) is 5.69. The molecule has 0 fully saturated rings. The summed E-state index contributed by atoms with van der Waals surface area (Å²) in [5.41, 5.74) is 0.381. The topological polar surface area (TPSA) is 88.4 Å². The van der Waals surface area contributed by atoms with Crippen LogP contribution in [0.2, 0.25) is 5.02 Å². The van der Waals surface area contributed by atoms with Gasteiger partial charge in [0.05, 0.1) is 17.3 Å². The molecule has 0 aliphatic heterocycles. The Kier molecular flexibility index (Phi) is 6.74. The molecular formula is C19H16ClFN2O4. The number of benzene rings is 2. The maximum absolute atomic E-state index is 13.7. The Labute approximate surface area is 160 Å². The van der Waals surface area contributed by atoms with E-state index in [9.17, 15) is 14.0 Å². The van der Waals surface area contributed by atoms with Crippen LogP contribution in [0.25, 0.3) is 0 Å². The first-order valence-electron chi connectivity index (χ1n) is 7.93. The monoisotopic (exact) mass is 390 g/mol. The molecule has 2 unspecified atom stereocenters. The summed E-state index contributed by atoms with van der Waals surface area (Å²) in [6.45, 7) is 2.82. The van der Waals surface area contributed by atoms with Crippen molar-refractivity contribution in [1.29, 1.82) is 5.26 Å². The van der Waals surface area contributed by atoms with Gasteiger partial charge in [0.25, 0.3) is 5.91 Å². The number of nitrogens with one attached hydrogen (secondary N) is 1. The molecule has 0 aromatic heterocycles. The second kappa shape index (κ2) is 9.01. The highest BCUT2D eigenvalue weighted by Gasteiger charge is 2.24. The van der Waals surface area contributed by atoms with Crippen molar-refractivity contribution >= 4 is 29.2 Å². The van der Waals surface area contributed by atoms with E-state index in [4.69, 9.17) is 26.3 Å². The molecule has 27 heavy (non-hydrogen) atoms. The molecule has 2 rings (SSSR count). The van der Waals surface area contributed by atoms with Gasteiger partial charge in [0.2, 0.25) is 0 Å². The van der Waals surface area contributed by atoms with Crippen LogP contribution in [0.3, 0.4) is 0 Å². The lowest BCUT2D eigenvalue weighted by Crippen LogP contribution is -2.35. The van der Waals surface area contributed by atoms with Crippen molar-refractivity contribution in [2.75, 3.05) is 5.32 Å². The number of nitriles is 1. The Balaban J connectivity index is 1.91. The lowest BCUT2D eigenvalue weighted by molar-refractivity contribution is -0.159. The molecule has 0 saturated heterocycles. The summed E-state index contributed by atoms with van der Waals surface area (Å²) in [6, 6.07) is 11.9. The fraction of sp³-hybridized carbons (Fsp3) is 0.211. The molecule has 2 atom stereocenters. The Hall–Kier alpha value is -3.11. The number of hydrogen-bond acceptors (Lipinski definition) is 5. The molecule has 0 heterocycles. The van der Waals surface area contributed by atoms with Crippen molar-refractivity contribution in [2.24, 2.45) is 0 Å². The molecule has 1 N–H and O–H groups in total. The van der Waals surface area contributed by atoms with Crippen molar-refractivity contribution in [3.63, 3.8) is 0 Å². The summed E-state index contributed by atoms with van der Waals surface area (Å²) in [5.74, 6) is -1.79. The van der Waals surface area contributed by atoms with Gasteiger partial charge in [0.1, 0.15) is 11.6 Å². The van der Waals surface area contributed by atoms with E-state index in [0.717, 1.165) is 6.07 Å². The first kappa shape index (κ1) is 20.2. The number of anilines is 1. The lowest BCUT2D eigenvalue weighted by Gasteiger charge is -2.18.